The molecule has 0 fully saturated rings. The van der Waals surface area contributed by atoms with E-state index in [9.17, 15) is 0 Å². The molecule has 0 aromatic carbocycles. The van der Waals surface area contributed by atoms with Gasteiger partial charge in [-0.15, -0.1) is 0 Å². The molecule has 26 heavy (non-hydrogen) atoms. The highest BCUT2D eigenvalue weighted by molar-refractivity contribution is 6.02. The Morgan fingerprint density at radius 1 is 0.846 bits per heavy atom. The summed E-state index contributed by atoms with van der Waals surface area (Å²) >= 11 is 0. The molecule has 0 bridgehead atoms. The Morgan fingerprint density at radius 3 is 1.92 bits per heavy atom. The standard InChI is InChI=1S/C24H28N2/c1-9-12-14-15-17(4)23-21-18(5)26(8)24(20(11-3)16-13-10-2)22(21)19(6)25(23)7/h9-16H,3-6H2,1-2,7-8H3/b12-9-,13-10-,15-14-,20-16+. The number of rotatable bonds is 6. The van der Waals surface area contributed by atoms with Gasteiger partial charge in [-0.1, -0.05) is 74.9 Å². The van der Waals surface area contributed by atoms with Crippen molar-refractivity contribution in [3.63, 3.8) is 0 Å². The van der Waals surface area contributed by atoms with Crippen LogP contribution in [-0.4, -0.2) is 9.13 Å². The van der Waals surface area contributed by atoms with Crippen molar-refractivity contribution in [1.29, 1.82) is 0 Å². The van der Waals surface area contributed by atoms with E-state index in [4.69, 9.17) is 0 Å². The number of fused-ring (bicyclic) bond motifs is 1. The van der Waals surface area contributed by atoms with E-state index >= 15 is 0 Å². The van der Waals surface area contributed by atoms with Crippen LogP contribution in [-0.2, 0) is 14.1 Å². The maximum absolute atomic E-state index is 4.32. The smallest absolute Gasteiger partial charge is 0.0583 e. The average Bonchev–Trinajstić information content (AvgIpc) is 3.02. The highest BCUT2D eigenvalue weighted by Crippen LogP contribution is 2.28. The normalized spacial score (nSPS) is 13.0. The second kappa shape index (κ2) is 7.92. The molecule has 0 saturated heterocycles. The van der Waals surface area contributed by atoms with Crippen LogP contribution in [0.15, 0.2) is 61.8 Å². The van der Waals surface area contributed by atoms with Gasteiger partial charge in [-0.05, 0) is 25.0 Å². The lowest BCUT2D eigenvalue weighted by molar-refractivity contribution is 0.859. The van der Waals surface area contributed by atoms with Gasteiger partial charge in [0.15, 0.2) is 0 Å². The molecule has 0 atom stereocenters. The first kappa shape index (κ1) is 19.3. The number of hydrogen-bond donors (Lipinski definition) is 0. The molecular weight excluding hydrogens is 316 g/mol. The Bertz CT molecular complexity index is 1070. The molecule has 2 heteroatoms. The molecular formula is C24H28N2. The lowest BCUT2D eigenvalue weighted by Crippen LogP contribution is -2.18. The van der Waals surface area contributed by atoms with Gasteiger partial charge in [-0.25, -0.2) is 0 Å². The Morgan fingerprint density at radius 2 is 1.38 bits per heavy atom. The largest absolute Gasteiger partial charge is 0.343 e. The molecule has 134 valence electrons. The summed E-state index contributed by atoms with van der Waals surface area (Å²) in [5, 5.41) is 4.10. The van der Waals surface area contributed by atoms with Crippen molar-refractivity contribution in [2.45, 2.75) is 13.8 Å². The minimum absolute atomic E-state index is 0.935. The highest BCUT2D eigenvalue weighted by atomic mass is 15.0. The van der Waals surface area contributed by atoms with E-state index in [0.717, 1.165) is 44.0 Å². The Kier molecular flexibility index (Phi) is 5.89. The van der Waals surface area contributed by atoms with E-state index in [1.54, 1.807) is 0 Å². The van der Waals surface area contributed by atoms with Crippen LogP contribution in [0.4, 0.5) is 0 Å². The molecule has 2 heterocycles. The highest BCUT2D eigenvalue weighted by Gasteiger charge is 2.20. The molecule has 0 aliphatic rings. The van der Waals surface area contributed by atoms with Crippen LogP contribution in [0.3, 0.4) is 0 Å². The summed E-state index contributed by atoms with van der Waals surface area (Å²) in [7, 11) is 4.06. The van der Waals surface area contributed by atoms with Gasteiger partial charge in [-0.3, -0.25) is 0 Å². The van der Waals surface area contributed by atoms with Crippen molar-refractivity contribution in [2.75, 3.05) is 0 Å². The van der Waals surface area contributed by atoms with Crippen LogP contribution in [0.1, 0.15) is 25.2 Å². The summed E-state index contributed by atoms with van der Waals surface area (Å²) in [6, 6.07) is 0. The molecule has 0 radical (unpaired) electrons. The summed E-state index contributed by atoms with van der Waals surface area (Å²) in [6.07, 6.45) is 16.0. The van der Waals surface area contributed by atoms with Crippen molar-refractivity contribution in [1.82, 2.24) is 9.13 Å². The molecule has 2 aromatic heterocycles. The second-order valence-electron chi connectivity index (χ2n) is 6.22. The van der Waals surface area contributed by atoms with E-state index in [0.29, 0.717) is 0 Å². The van der Waals surface area contributed by atoms with Crippen LogP contribution in [0.25, 0.3) is 35.1 Å². The second-order valence-corrected chi connectivity index (χ2v) is 6.22. The zero-order valence-corrected chi connectivity index (χ0v) is 16.3. The lowest BCUT2D eigenvalue weighted by Gasteiger charge is -2.07. The third-order valence-corrected chi connectivity index (χ3v) is 4.65. The zero-order valence-electron chi connectivity index (χ0n) is 16.3. The molecule has 0 saturated carbocycles. The third kappa shape index (κ3) is 3.11. The van der Waals surface area contributed by atoms with Crippen LogP contribution in [0.2, 0.25) is 0 Å². The van der Waals surface area contributed by atoms with Gasteiger partial charge in [0.05, 0.1) is 11.4 Å². The Hall–Kier alpha value is -3.00. The zero-order chi connectivity index (χ0) is 19.4. The van der Waals surface area contributed by atoms with E-state index in [2.05, 4.69) is 41.5 Å². The van der Waals surface area contributed by atoms with Gasteiger partial charge in [0, 0.05) is 35.6 Å². The predicted octanol–water partition coefficient (Wildman–Crippen LogP) is 4.63. The minimum atomic E-state index is 0.935. The summed E-state index contributed by atoms with van der Waals surface area (Å²) in [5.41, 5.74) is 4.11. The first-order valence-electron chi connectivity index (χ1n) is 8.70. The minimum Gasteiger partial charge on any atom is -0.343 e. The van der Waals surface area contributed by atoms with Crippen LogP contribution >= 0.6 is 0 Å². The molecule has 2 aromatic rings. The van der Waals surface area contributed by atoms with Gasteiger partial charge >= 0.3 is 0 Å². The molecule has 0 amide bonds. The van der Waals surface area contributed by atoms with Crippen molar-refractivity contribution in [2.24, 2.45) is 14.1 Å². The topological polar surface area (TPSA) is 9.86 Å². The fourth-order valence-electron chi connectivity index (χ4n) is 3.26. The number of aromatic nitrogens is 2. The number of nitrogens with zero attached hydrogens (tertiary/aromatic N) is 2. The van der Waals surface area contributed by atoms with E-state index in [1.165, 1.54) is 0 Å². The van der Waals surface area contributed by atoms with Crippen LogP contribution in [0, 0.1) is 0 Å². The average molecular weight is 345 g/mol. The summed E-state index contributed by atoms with van der Waals surface area (Å²) in [5.74, 6) is 0. The van der Waals surface area contributed by atoms with Crippen molar-refractivity contribution in [3.8, 4) is 0 Å². The van der Waals surface area contributed by atoms with E-state index in [-0.39, 0.29) is 0 Å². The summed E-state index contributed by atoms with van der Waals surface area (Å²) in [6.45, 7) is 20.9. The molecule has 0 aliphatic carbocycles. The fourth-order valence-corrected chi connectivity index (χ4v) is 3.26. The molecule has 0 spiro atoms. The quantitative estimate of drug-likeness (QED) is 0.676. The Labute approximate surface area is 156 Å². The van der Waals surface area contributed by atoms with Gasteiger partial charge in [0.25, 0.3) is 0 Å². The fraction of sp³-hybridized carbons (Fsp3) is 0.167. The van der Waals surface area contributed by atoms with E-state index in [1.807, 2.05) is 70.5 Å². The molecule has 0 unspecified atom stereocenters. The van der Waals surface area contributed by atoms with Gasteiger partial charge in [0.2, 0.25) is 0 Å². The van der Waals surface area contributed by atoms with Crippen molar-refractivity contribution < 1.29 is 0 Å². The number of allylic oxidation sites excluding steroid dienone is 10. The van der Waals surface area contributed by atoms with E-state index < -0.39 is 0 Å². The lowest BCUT2D eigenvalue weighted by atomic mass is 10.1. The molecule has 0 aliphatic heterocycles. The Balaban J connectivity index is 2.90. The SMILES string of the molecule is C=C/C(=C\C=C/C)c1c2c(=C)n(C)c(C(=C)/C=C\C=C/C)c2c(=C)n1C. The van der Waals surface area contributed by atoms with Crippen molar-refractivity contribution >= 4 is 35.1 Å². The molecule has 0 N–H and O–H groups in total. The summed E-state index contributed by atoms with van der Waals surface area (Å²) < 4.78 is 4.21. The summed E-state index contributed by atoms with van der Waals surface area (Å²) in [4.78, 5) is 0. The third-order valence-electron chi connectivity index (χ3n) is 4.65. The van der Waals surface area contributed by atoms with Crippen LogP contribution < -0.4 is 10.7 Å². The maximum atomic E-state index is 4.32. The predicted molar refractivity (Wildman–Crippen MR) is 118 cm³/mol. The van der Waals surface area contributed by atoms with Gasteiger partial charge in [0.1, 0.15) is 0 Å². The molecule has 2 rings (SSSR count). The monoisotopic (exact) mass is 344 g/mol. The molecule has 2 nitrogen and oxygen atoms in total. The van der Waals surface area contributed by atoms with Gasteiger partial charge < -0.3 is 9.13 Å². The number of hydrogen-bond acceptors (Lipinski definition) is 0. The first-order valence-corrected chi connectivity index (χ1v) is 8.70. The maximum Gasteiger partial charge on any atom is 0.0583 e. The van der Waals surface area contributed by atoms with Crippen LogP contribution in [0.5, 0.6) is 0 Å². The van der Waals surface area contributed by atoms with Crippen molar-refractivity contribution in [3.05, 3.63) is 83.9 Å². The van der Waals surface area contributed by atoms with Gasteiger partial charge in [-0.2, -0.15) is 0 Å². The first-order chi connectivity index (χ1) is 12.4.